The Hall–Kier alpha value is -2.34. The molecular formula is C19H22N2O3S. The number of hydrogen-bond donors (Lipinski definition) is 1. The fraction of sp³-hybridized carbons (Fsp3) is 0.316. The number of nitrogens with one attached hydrogen (secondary N) is 1. The average molecular weight is 358 g/mol. The minimum Gasteiger partial charge on any atom is -0.462 e. The number of amides is 1. The summed E-state index contributed by atoms with van der Waals surface area (Å²) in [5, 5.41) is 3.34. The first kappa shape index (κ1) is 19.0. The second-order valence-corrected chi connectivity index (χ2v) is 6.65. The van der Waals surface area contributed by atoms with Gasteiger partial charge in [-0.25, -0.2) is 9.78 Å². The third-order valence-electron chi connectivity index (χ3n) is 3.47. The lowest BCUT2D eigenvalue weighted by molar-refractivity contribution is -0.113. The van der Waals surface area contributed by atoms with Gasteiger partial charge in [0.05, 0.1) is 17.9 Å². The number of anilines is 1. The quantitative estimate of drug-likeness (QED) is 0.596. The average Bonchev–Trinajstić information content (AvgIpc) is 2.61. The highest BCUT2D eigenvalue weighted by atomic mass is 32.2. The number of pyridine rings is 1. The molecule has 1 aromatic heterocycles. The van der Waals surface area contributed by atoms with E-state index in [1.54, 1.807) is 25.3 Å². The molecule has 0 bridgehead atoms. The molecule has 0 fully saturated rings. The summed E-state index contributed by atoms with van der Waals surface area (Å²) in [6.07, 6.45) is 1.59. The van der Waals surface area contributed by atoms with E-state index in [0.29, 0.717) is 23.1 Å². The number of esters is 1. The lowest BCUT2D eigenvalue weighted by Gasteiger charge is -2.09. The fourth-order valence-electron chi connectivity index (χ4n) is 2.15. The number of aromatic nitrogens is 1. The lowest BCUT2D eigenvalue weighted by Crippen LogP contribution is -2.15. The highest BCUT2D eigenvalue weighted by molar-refractivity contribution is 8.00. The Bertz CT molecular complexity index is 730. The van der Waals surface area contributed by atoms with Gasteiger partial charge >= 0.3 is 5.97 Å². The van der Waals surface area contributed by atoms with Crippen LogP contribution < -0.4 is 5.32 Å². The Morgan fingerprint density at radius 1 is 1.20 bits per heavy atom. The molecule has 5 nitrogen and oxygen atoms in total. The maximum absolute atomic E-state index is 12.1. The molecule has 2 aromatic rings. The van der Waals surface area contributed by atoms with Gasteiger partial charge < -0.3 is 10.1 Å². The van der Waals surface area contributed by atoms with Crippen LogP contribution in [-0.2, 0) is 9.53 Å². The second-order valence-electron chi connectivity index (χ2n) is 5.69. The fourth-order valence-corrected chi connectivity index (χ4v) is 2.93. The van der Waals surface area contributed by atoms with Crippen molar-refractivity contribution in [2.45, 2.75) is 31.7 Å². The second kappa shape index (κ2) is 9.22. The van der Waals surface area contributed by atoms with Crippen LogP contribution in [0.25, 0.3) is 0 Å². The maximum Gasteiger partial charge on any atom is 0.340 e. The normalized spacial score (nSPS) is 10.6. The van der Waals surface area contributed by atoms with Gasteiger partial charge in [-0.05, 0) is 42.7 Å². The van der Waals surface area contributed by atoms with E-state index >= 15 is 0 Å². The molecule has 0 saturated heterocycles. The monoisotopic (exact) mass is 358 g/mol. The summed E-state index contributed by atoms with van der Waals surface area (Å²) in [4.78, 5) is 28.2. The summed E-state index contributed by atoms with van der Waals surface area (Å²) in [7, 11) is 0. The van der Waals surface area contributed by atoms with Crippen LogP contribution in [0.4, 0.5) is 5.69 Å². The van der Waals surface area contributed by atoms with Gasteiger partial charge in [-0.2, -0.15) is 0 Å². The van der Waals surface area contributed by atoms with Crippen molar-refractivity contribution in [1.82, 2.24) is 4.98 Å². The van der Waals surface area contributed by atoms with Crippen molar-refractivity contribution in [3.63, 3.8) is 0 Å². The van der Waals surface area contributed by atoms with E-state index in [1.165, 1.54) is 17.3 Å². The Balaban J connectivity index is 1.95. The molecular weight excluding hydrogens is 336 g/mol. The summed E-state index contributed by atoms with van der Waals surface area (Å²) in [5.41, 5.74) is 2.35. The smallest absolute Gasteiger partial charge is 0.340 e. The molecule has 0 atom stereocenters. The molecule has 1 amide bonds. The van der Waals surface area contributed by atoms with Crippen LogP contribution >= 0.6 is 11.8 Å². The number of ether oxygens (including phenoxy) is 1. The number of benzene rings is 1. The summed E-state index contributed by atoms with van der Waals surface area (Å²) >= 11 is 1.21. The Morgan fingerprint density at radius 3 is 2.56 bits per heavy atom. The van der Waals surface area contributed by atoms with Crippen molar-refractivity contribution in [3.8, 4) is 0 Å². The van der Waals surface area contributed by atoms with Crippen LogP contribution in [0.2, 0.25) is 0 Å². The van der Waals surface area contributed by atoms with Gasteiger partial charge in [-0.3, -0.25) is 4.79 Å². The van der Waals surface area contributed by atoms with E-state index in [4.69, 9.17) is 4.74 Å². The molecule has 0 unspecified atom stereocenters. The Kier molecular flexibility index (Phi) is 7.01. The van der Waals surface area contributed by atoms with Crippen LogP contribution in [0.3, 0.4) is 0 Å². The van der Waals surface area contributed by atoms with Crippen LogP contribution in [0.15, 0.2) is 47.6 Å². The summed E-state index contributed by atoms with van der Waals surface area (Å²) in [6, 6.07) is 11.1. The van der Waals surface area contributed by atoms with E-state index in [2.05, 4.69) is 24.1 Å². The van der Waals surface area contributed by atoms with Crippen molar-refractivity contribution >= 4 is 29.3 Å². The molecule has 0 aliphatic heterocycles. The van der Waals surface area contributed by atoms with Crippen molar-refractivity contribution < 1.29 is 14.3 Å². The summed E-state index contributed by atoms with van der Waals surface area (Å²) in [6.45, 7) is 6.29. The Morgan fingerprint density at radius 2 is 1.92 bits per heavy atom. The molecule has 0 radical (unpaired) electrons. The van der Waals surface area contributed by atoms with Crippen molar-refractivity contribution in [1.29, 1.82) is 0 Å². The van der Waals surface area contributed by atoms with Crippen LogP contribution in [0.1, 0.15) is 42.6 Å². The number of rotatable bonds is 7. The van der Waals surface area contributed by atoms with Gasteiger partial charge in [0.1, 0.15) is 5.03 Å². The molecule has 1 aromatic carbocycles. The highest BCUT2D eigenvalue weighted by Crippen LogP contribution is 2.22. The number of carbonyl (C=O) groups is 2. The topological polar surface area (TPSA) is 68.3 Å². The van der Waals surface area contributed by atoms with Gasteiger partial charge in [0.15, 0.2) is 0 Å². The van der Waals surface area contributed by atoms with Crippen molar-refractivity contribution in [2.24, 2.45) is 0 Å². The highest BCUT2D eigenvalue weighted by Gasteiger charge is 2.15. The SMILES string of the molecule is CCOC(=O)c1cccnc1SCC(=O)Nc1ccc(C(C)C)cc1. The van der Waals surface area contributed by atoms with E-state index in [0.717, 1.165) is 5.69 Å². The van der Waals surface area contributed by atoms with Crippen LogP contribution in [0, 0.1) is 0 Å². The molecule has 25 heavy (non-hydrogen) atoms. The van der Waals surface area contributed by atoms with Gasteiger partial charge in [-0.1, -0.05) is 37.7 Å². The maximum atomic E-state index is 12.1. The molecule has 1 heterocycles. The van der Waals surface area contributed by atoms with E-state index in [9.17, 15) is 9.59 Å². The van der Waals surface area contributed by atoms with Crippen molar-refractivity contribution in [3.05, 3.63) is 53.7 Å². The minimum atomic E-state index is -0.428. The number of thioether (sulfide) groups is 1. The number of carbonyl (C=O) groups excluding carboxylic acids is 2. The molecule has 2 rings (SSSR count). The predicted octanol–water partition coefficient (Wildman–Crippen LogP) is 4.11. The first-order valence-electron chi connectivity index (χ1n) is 8.16. The first-order valence-corrected chi connectivity index (χ1v) is 9.14. The van der Waals surface area contributed by atoms with Gasteiger partial charge in [0, 0.05) is 11.9 Å². The van der Waals surface area contributed by atoms with E-state index in [1.807, 2.05) is 24.3 Å². The number of hydrogen-bond acceptors (Lipinski definition) is 5. The van der Waals surface area contributed by atoms with Crippen molar-refractivity contribution in [2.75, 3.05) is 17.7 Å². The molecule has 0 spiro atoms. The van der Waals surface area contributed by atoms with E-state index in [-0.39, 0.29) is 11.7 Å². The molecule has 0 saturated carbocycles. The van der Waals surface area contributed by atoms with Crippen LogP contribution in [0.5, 0.6) is 0 Å². The third kappa shape index (κ3) is 5.60. The zero-order valence-corrected chi connectivity index (χ0v) is 15.4. The summed E-state index contributed by atoms with van der Waals surface area (Å²) < 4.78 is 5.01. The molecule has 132 valence electrons. The lowest BCUT2D eigenvalue weighted by atomic mass is 10.0. The molecule has 1 N–H and O–H groups in total. The molecule has 0 aliphatic carbocycles. The standard InChI is InChI=1S/C19H22N2O3S/c1-4-24-19(23)16-6-5-11-20-18(16)25-12-17(22)21-15-9-7-14(8-10-15)13(2)3/h5-11,13H,4,12H2,1-3H3,(H,21,22). The largest absolute Gasteiger partial charge is 0.462 e. The third-order valence-corrected chi connectivity index (χ3v) is 4.47. The predicted molar refractivity (Wildman–Crippen MR) is 100 cm³/mol. The molecule has 6 heteroatoms. The first-order chi connectivity index (χ1) is 12.0. The van der Waals surface area contributed by atoms with Gasteiger partial charge in [0.25, 0.3) is 0 Å². The van der Waals surface area contributed by atoms with E-state index < -0.39 is 5.97 Å². The Labute approximate surface area is 152 Å². The zero-order chi connectivity index (χ0) is 18.2. The van der Waals surface area contributed by atoms with Crippen LogP contribution in [-0.4, -0.2) is 29.2 Å². The van der Waals surface area contributed by atoms with Gasteiger partial charge in [-0.15, -0.1) is 0 Å². The van der Waals surface area contributed by atoms with Gasteiger partial charge in [0.2, 0.25) is 5.91 Å². The number of nitrogens with zero attached hydrogens (tertiary/aromatic N) is 1. The summed E-state index contributed by atoms with van der Waals surface area (Å²) in [5.74, 6) is 0.0336. The minimum absolute atomic E-state index is 0.150. The molecule has 0 aliphatic rings. The zero-order valence-electron chi connectivity index (χ0n) is 14.6.